The van der Waals surface area contributed by atoms with Gasteiger partial charge in [-0.15, -0.1) is 0 Å². The second kappa shape index (κ2) is 7.56. The maximum absolute atomic E-state index is 13.3. The highest BCUT2D eigenvalue weighted by atomic mass is 35.5. The molecular formula is C23H22ClNO4. The Morgan fingerprint density at radius 1 is 1.17 bits per heavy atom. The molecule has 1 aliphatic rings. The van der Waals surface area contributed by atoms with Crippen LogP contribution in [-0.4, -0.2) is 27.7 Å². The van der Waals surface area contributed by atoms with E-state index >= 15 is 0 Å². The van der Waals surface area contributed by atoms with E-state index in [1.54, 1.807) is 47.9 Å². The molecule has 0 aliphatic heterocycles. The number of carbonyl (C=O) groups is 2. The summed E-state index contributed by atoms with van der Waals surface area (Å²) in [5, 5.41) is 11.2. The number of aromatic nitrogens is 1. The molecule has 0 saturated heterocycles. The molecule has 3 aromatic rings. The summed E-state index contributed by atoms with van der Waals surface area (Å²) in [5.41, 5.74) is 2.48. The number of hydrogen-bond acceptors (Lipinski definition) is 4. The summed E-state index contributed by atoms with van der Waals surface area (Å²) in [4.78, 5) is 26.0. The third-order valence-corrected chi connectivity index (χ3v) is 5.90. The van der Waals surface area contributed by atoms with Crippen LogP contribution in [-0.2, 0) is 9.53 Å². The van der Waals surface area contributed by atoms with Crippen molar-refractivity contribution in [1.29, 1.82) is 0 Å². The molecule has 1 N–H and O–H groups in total. The second-order valence-corrected chi connectivity index (χ2v) is 8.00. The van der Waals surface area contributed by atoms with Crippen LogP contribution >= 0.6 is 11.6 Å². The van der Waals surface area contributed by atoms with E-state index in [9.17, 15) is 14.7 Å². The van der Waals surface area contributed by atoms with Gasteiger partial charge in [-0.3, -0.25) is 14.2 Å². The Kier molecular flexibility index (Phi) is 5.09. The Labute approximate surface area is 173 Å². The Balaban J connectivity index is 1.81. The van der Waals surface area contributed by atoms with E-state index in [2.05, 4.69) is 0 Å². The number of hydrogen-bond donors (Lipinski definition) is 1. The first-order valence-electron chi connectivity index (χ1n) is 9.71. The van der Waals surface area contributed by atoms with Crippen LogP contribution in [0.3, 0.4) is 0 Å². The lowest BCUT2D eigenvalue weighted by Crippen LogP contribution is -2.27. The van der Waals surface area contributed by atoms with E-state index < -0.39 is 5.92 Å². The van der Waals surface area contributed by atoms with Gasteiger partial charge < -0.3 is 9.84 Å². The van der Waals surface area contributed by atoms with Crippen LogP contribution in [0, 0.1) is 6.92 Å². The summed E-state index contributed by atoms with van der Waals surface area (Å²) in [6.07, 6.45) is 2.86. The van der Waals surface area contributed by atoms with Crippen molar-refractivity contribution < 1.29 is 19.4 Å². The predicted molar refractivity (Wildman–Crippen MR) is 112 cm³/mol. The zero-order valence-corrected chi connectivity index (χ0v) is 17.1. The number of benzene rings is 2. The molecule has 1 aromatic heterocycles. The number of rotatable bonds is 4. The maximum atomic E-state index is 13.3. The highest BCUT2D eigenvalue weighted by molar-refractivity contribution is 6.30. The van der Waals surface area contributed by atoms with E-state index in [1.165, 1.54) is 6.07 Å². The number of halogens is 1. The fourth-order valence-electron chi connectivity index (χ4n) is 3.83. The summed E-state index contributed by atoms with van der Waals surface area (Å²) < 4.78 is 7.18. The zero-order valence-electron chi connectivity index (χ0n) is 16.3. The molecule has 6 heteroatoms. The molecule has 0 spiro atoms. The highest BCUT2D eigenvalue weighted by Crippen LogP contribution is 2.36. The summed E-state index contributed by atoms with van der Waals surface area (Å²) in [6, 6.07) is 11.5. The zero-order chi connectivity index (χ0) is 20.7. The average Bonchev–Trinajstić information content (AvgIpc) is 2.95. The van der Waals surface area contributed by atoms with Crippen LogP contribution in [0.5, 0.6) is 5.75 Å². The predicted octanol–water partition coefficient (Wildman–Crippen LogP) is 5.20. The fraction of sp³-hybridized carbons (Fsp3) is 0.304. The minimum Gasteiger partial charge on any atom is -0.508 e. The Morgan fingerprint density at radius 2 is 1.86 bits per heavy atom. The molecule has 4 rings (SSSR count). The summed E-state index contributed by atoms with van der Waals surface area (Å²) in [7, 11) is 0. The Morgan fingerprint density at radius 3 is 2.48 bits per heavy atom. The van der Waals surface area contributed by atoms with Crippen LogP contribution in [0.25, 0.3) is 10.9 Å². The van der Waals surface area contributed by atoms with E-state index in [1.807, 2.05) is 6.92 Å². The number of esters is 1. The minimum absolute atomic E-state index is 0.0114. The Bertz CT molecular complexity index is 1100. The lowest BCUT2D eigenvalue weighted by Gasteiger charge is -2.26. The first kappa shape index (κ1) is 19.5. The molecule has 0 radical (unpaired) electrons. The lowest BCUT2D eigenvalue weighted by molar-refractivity contribution is -0.154. The largest absolute Gasteiger partial charge is 0.508 e. The molecule has 1 aliphatic carbocycles. The van der Waals surface area contributed by atoms with Crippen LogP contribution in [0.15, 0.2) is 42.5 Å². The summed E-state index contributed by atoms with van der Waals surface area (Å²) in [6.45, 7) is 3.59. The fourth-order valence-corrected chi connectivity index (χ4v) is 3.96. The monoisotopic (exact) mass is 411 g/mol. The molecule has 5 nitrogen and oxygen atoms in total. The van der Waals surface area contributed by atoms with Gasteiger partial charge in [-0.1, -0.05) is 11.6 Å². The van der Waals surface area contributed by atoms with Gasteiger partial charge in [-0.2, -0.15) is 0 Å². The van der Waals surface area contributed by atoms with Gasteiger partial charge in [-0.25, -0.2) is 0 Å². The van der Waals surface area contributed by atoms with Crippen molar-refractivity contribution in [3.8, 4) is 5.75 Å². The molecule has 1 saturated carbocycles. The topological polar surface area (TPSA) is 68.5 Å². The molecule has 1 fully saturated rings. The normalized spacial score (nSPS) is 15.1. The molecule has 2 aromatic carbocycles. The van der Waals surface area contributed by atoms with E-state index in [-0.39, 0.29) is 23.7 Å². The number of phenolic OH excluding ortho intramolecular Hbond substituents is 1. The van der Waals surface area contributed by atoms with E-state index in [0.29, 0.717) is 32.7 Å². The van der Waals surface area contributed by atoms with Crippen molar-refractivity contribution in [2.24, 2.45) is 0 Å². The molecule has 29 heavy (non-hydrogen) atoms. The van der Waals surface area contributed by atoms with Gasteiger partial charge in [0.1, 0.15) is 11.9 Å². The van der Waals surface area contributed by atoms with Gasteiger partial charge in [0.2, 0.25) is 0 Å². The number of ether oxygens (including phenoxy) is 1. The number of aromatic hydroxyl groups is 1. The van der Waals surface area contributed by atoms with Gasteiger partial charge in [0, 0.05) is 21.7 Å². The van der Waals surface area contributed by atoms with Crippen LogP contribution in [0.2, 0.25) is 5.02 Å². The highest BCUT2D eigenvalue weighted by Gasteiger charge is 2.30. The number of carbonyl (C=O) groups excluding carboxylic acids is 2. The van der Waals surface area contributed by atoms with Crippen molar-refractivity contribution >= 4 is 34.4 Å². The van der Waals surface area contributed by atoms with Crippen molar-refractivity contribution in [2.45, 2.75) is 45.1 Å². The van der Waals surface area contributed by atoms with Crippen molar-refractivity contribution in [1.82, 2.24) is 4.57 Å². The van der Waals surface area contributed by atoms with Crippen molar-refractivity contribution in [3.63, 3.8) is 0 Å². The number of fused-ring (bicyclic) bond motifs is 1. The van der Waals surface area contributed by atoms with Crippen LogP contribution in [0.1, 0.15) is 53.7 Å². The Hall–Kier alpha value is -2.79. The van der Waals surface area contributed by atoms with Gasteiger partial charge in [0.25, 0.3) is 5.91 Å². The molecule has 0 bridgehead atoms. The van der Waals surface area contributed by atoms with Gasteiger partial charge in [0.05, 0.1) is 11.4 Å². The van der Waals surface area contributed by atoms with Gasteiger partial charge >= 0.3 is 5.97 Å². The summed E-state index contributed by atoms with van der Waals surface area (Å²) >= 11 is 5.95. The van der Waals surface area contributed by atoms with Crippen molar-refractivity contribution in [2.75, 3.05) is 0 Å². The van der Waals surface area contributed by atoms with Crippen molar-refractivity contribution in [3.05, 3.63) is 64.3 Å². The third-order valence-electron chi connectivity index (χ3n) is 5.65. The molecule has 0 amide bonds. The number of nitrogens with zero attached hydrogens (tertiary/aromatic N) is 1. The molecule has 1 heterocycles. The average molecular weight is 412 g/mol. The molecule has 0 unspecified atom stereocenters. The molecule has 1 atom stereocenters. The first-order valence-corrected chi connectivity index (χ1v) is 10.1. The van der Waals surface area contributed by atoms with Gasteiger partial charge in [0.15, 0.2) is 0 Å². The molecular weight excluding hydrogens is 390 g/mol. The van der Waals surface area contributed by atoms with Crippen LogP contribution in [0.4, 0.5) is 0 Å². The first-order chi connectivity index (χ1) is 13.9. The molecule has 150 valence electrons. The smallest absolute Gasteiger partial charge is 0.313 e. The standard InChI is InChI=1S/C23H22ClNO4/c1-13(23(28)29-18-4-3-5-18)21-14(2)25(20-11-10-17(26)12-19(20)21)22(27)15-6-8-16(24)9-7-15/h6-13,18,26H,3-5H2,1-2H3/t13-/m1/s1. The van der Waals surface area contributed by atoms with Crippen LogP contribution < -0.4 is 0 Å². The SMILES string of the molecule is Cc1c([C@@H](C)C(=O)OC2CCC2)c2cc(O)ccc2n1C(=O)c1ccc(Cl)cc1. The minimum atomic E-state index is -0.556. The third kappa shape index (κ3) is 3.51. The number of phenols is 1. The lowest BCUT2D eigenvalue weighted by atomic mass is 9.94. The summed E-state index contributed by atoms with van der Waals surface area (Å²) in [5.74, 6) is -1.01. The van der Waals surface area contributed by atoms with E-state index in [0.717, 1.165) is 19.3 Å². The second-order valence-electron chi connectivity index (χ2n) is 7.56. The van der Waals surface area contributed by atoms with Gasteiger partial charge in [-0.05, 0) is 81.1 Å². The maximum Gasteiger partial charge on any atom is 0.313 e. The van der Waals surface area contributed by atoms with E-state index in [4.69, 9.17) is 16.3 Å². The quantitative estimate of drug-likeness (QED) is 0.599.